The van der Waals surface area contributed by atoms with Crippen LogP contribution in [-0.4, -0.2) is 23.8 Å². The number of rotatable bonds is 6. The number of benzene rings is 2. The fraction of sp³-hybridized carbons (Fsp3) is 0.250. The van der Waals surface area contributed by atoms with Crippen molar-refractivity contribution < 1.29 is 4.42 Å². The number of nitrogens with two attached hydrogens (primary N) is 2. The Hall–Kier alpha value is -3.34. The van der Waals surface area contributed by atoms with Gasteiger partial charge in [0.1, 0.15) is 17.4 Å². The Labute approximate surface area is 172 Å². The number of hydrogen-bond acceptors (Lipinski definition) is 3. The second-order valence-electron chi connectivity index (χ2n) is 7.53. The van der Waals surface area contributed by atoms with E-state index < -0.39 is 0 Å². The first-order valence-corrected chi connectivity index (χ1v) is 9.80. The molecule has 0 aliphatic carbocycles. The standard InChI is InChI=1S/C24H28N4O/c1-15(2)27-23(25)19-9-5-17(6-10-19)21-13-14-29-22(21)18-7-11-20(12-8-18)24(26)28-16(3)4/h5-16H,1-4H3,(H2,25,27)(H2,26,28). The smallest absolute Gasteiger partial charge is 0.141 e. The minimum Gasteiger partial charge on any atom is -0.464 e. The molecule has 1 heterocycles. The van der Waals surface area contributed by atoms with Crippen molar-refractivity contribution in [1.82, 2.24) is 0 Å². The third-order valence-electron chi connectivity index (χ3n) is 4.39. The molecule has 1 aromatic heterocycles. The van der Waals surface area contributed by atoms with E-state index in [-0.39, 0.29) is 12.1 Å². The average Bonchev–Trinajstić information content (AvgIpc) is 3.17. The van der Waals surface area contributed by atoms with E-state index in [4.69, 9.17) is 15.9 Å². The lowest BCUT2D eigenvalue weighted by molar-refractivity contribution is 0.583. The minimum absolute atomic E-state index is 0.161. The van der Waals surface area contributed by atoms with E-state index in [9.17, 15) is 0 Å². The van der Waals surface area contributed by atoms with Gasteiger partial charge in [0.15, 0.2) is 0 Å². The summed E-state index contributed by atoms with van der Waals surface area (Å²) in [6, 6.07) is 18.3. The normalized spacial score (nSPS) is 12.8. The number of furan rings is 1. The maximum atomic E-state index is 6.07. The molecule has 0 atom stereocenters. The van der Waals surface area contributed by atoms with Gasteiger partial charge in [0, 0.05) is 34.3 Å². The molecule has 0 spiro atoms. The quantitative estimate of drug-likeness (QED) is 0.467. The monoisotopic (exact) mass is 388 g/mol. The molecule has 150 valence electrons. The number of aliphatic imine (C=N–C) groups is 2. The molecule has 0 unspecified atom stereocenters. The second-order valence-corrected chi connectivity index (χ2v) is 7.53. The van der Waals surface area contributed by atoms with E-state index in [1.54, 1.807) is 6.26 Å². The van der Waals surface area contributed by atoms with Gasteiger partial charge < -0.3 is 15.9 Å². The van der Waals surface area contributed by atoms with Crippen LogP contribution in [0.3, 0.4) is 0 Å². The molecular weight excluding hydrogens is 360 g/mol. The second kappa shape index (κ2) is 8.78. The molecule has 5 nitrogen and oxygen atoms in total. The van der Waals surface area contributed by atoms with E-state index in [0.717, 1.165) is 33.6 Å². The van der Waals surface area contributed by atoms with Crippen LogP contribution in [0, 0.1) is 0 Å². The lowest BCUT2D eigenvalue weighted by Crippen LogP contribution is -2.15. The van der Waals surface area contributed by atoms with Crippen molar-refractivity contribution >= 4 is 11.7 Å². The van der Waals surface area contributed by atoms with E-state index in [2.05, 4.69) is 9.98 Å². The van der Waals surface area contributed by atoms with Crippen molar-refractivity contribution in [2.45, 2.75) is 39.8 Å². The van der Waals surface area contributed by atoms with Crippen molar-refractivity contribution in [2.75, 3.05) is 0 Å². The Kier molecular flexibility index (Phi) is 6.17. The third-order valence-corrected chi connectivity index (χ3v) is 4.39. The molecule has 3 aromatic rings. The topological polar surface area (TPSA) is 89.9 Å². The van der Waals surface area contributed by atoms with Crippen LogP contribution in [0.25, 0.3) is 22.5 Å². The maximum absolute atomic E-state index is 6.07. The zero-order valence-electron chi connectivity index (χ0n) is 17.4. The van der Waals surface area contributed by atoms with E-state index in [1.807, 2.05) is 82.3 Å². The molecule has 5 heteroatoms. The molecule has 0 aliphatic rings. The van der Waals surface area contributed by atoms with Crippen LogP contribution >= 0.6 is 0 Å². The molecule has 0 aliphatic heterocycles. The van der Waals surface area contributed by atoms with Crippen LogP contribution in [0.15, 0.2) is 75.3 Å². The molecule has 4 N–H and O–H groups in total. The van der Waals surface area contributed by atoms with Crippen molar-refractivity contribution in [3.05, 3.63) is 72.0 Å². The highest BCUT2D eigenvalue weighted by molar-refractivity contribution is 5.99. The van der Waals surface area contributed by atoms with E-state index in [0.29, 0.717) is 11.7 Å². The summed E-state index contributed by atoms with van der Waals surface area (Å²) in [7, 11) is 0. The Balaban J connectivity index is 1.88. The number of hydrogen-bond donors (Lipinski definition) is 2. The predicted octanol–water partition coefficient (Wildman–Crippen LogP) is 4.84. The van der Waals surface area contributed by atoms with Crippen LogP contribution in [-0.2, 0) is 0 Å². The summed E-state index contributed by atoms with van der Waals surface area (Å²) in [5.41, 5.74) is 17.0. The van der Waals surface area contributed by atoms with Crippen LogP contribution in [0.5, 0.6) is 0 Å². The average molecular weight is 389 g/mol. The molecule has 0 saturated heterocycles. The van der Waals surface area contributed by atoms with Gasteiger partial charge >= 0.3 is 0 Å². The van der Waals surface area contributed by atoms with Gasteiger partial charge in [-0.15, -0.1) is 0 Å². The van der Waals surface area contributed by atoms with Crippen molar-refractivity contribution in [1.29, 1.82) is 0 Å². The van der Waals surface area contributed by atoms with E-state index in [1.165, 1.54) is 0 Å². The Morgan fingerprint density at radius 2 is 1.14 bits per heavy atom. The molecule has 0 fully saturated rings. The fourth-order valence-corrected chi connectivity index (χ4v) is 3.08. The summed E-state index contributed by atoms with van der Waals surface area (Å²) in [4.78, 5) is 8.80. The summed E-state index contributed by atoms with van der Waals surface area (Å²) in [6.45, 7) is 8.02. The van der Waals surface area contributed by atoms with Gasteiger partial charge in [-0.05, 0) is 39.3 Å². The minimum atomic E-state index is 0.161. The van der Waals surface area contributed by atoms with Crippen molar-refractivity contribution in [3.63, 3.8) is 0 Å². The highest BCUT2D eigenvalue weighted by Gasteiger charge is 2.12. The van der Waals surface area contributed by atoms with Gasteiger partial charge in [-0.3, -0.25) is 9.98 Å². The first-order valence-electron chi connectivity index (χ1n) is 9.80. The summed E-state index contributed by atoms with van der Waals surface area (Å²) in [6.07, 6.45) is 1.70. The molecule has 29 heavy (non-hydrogen) atoms. The van der Waals surface area contributed by atoms with Gasteiger partial charge in [-0.2, -0.15) is 0 Å². The first kappa shape index (κ1) is 20.4. The van der Waals surface area contributed by atoms with Crippen LogP contribution in [0.1, 0.15) is 38.8 Å². The molecule has 3 rings (SSSR count). The third kappa shape index (κ3) is 4.93. The number of amidine groups is 2. The zero-order valence-corrected chi connectivity index (χ0v) is 17.4. The molecule has 0 radical (unpaired) electrons. The Morgan fingerprint density at radius 3 is 1.59 bits per heavy atom. The van der Waals surface area contributed by atoms with Crippen LogP contribution in [0.4, 0.5) is 0 Å². The maximum Gasteiger partial charge on any atom is 0.141 e. The van der Waals surface area contributed by atoms with Crippen LogP contribution < -0.4 is 11.5 Å². The summed E-state index contributed by atoms with van der Waals surface area (Å²) in [5.74, 6) is 1.91. The van der Waals surface area contributed by atoms with E-state index >= 15 is 0 Å². The van der Waals surface area contributed by atoms with Gasteiger partial charge in [0.05, 0.1) is 6.26 Å². The Morgan fingerprint density at radius 1 is 0.690 bits per heavy atom. The highest BCUT2D eigenvalue weighted by Crippen LogP contribution is 2.33. The summed E-state index contributed by atoms with van der Waals surface area (Å²) >= 11 is 0. The lowest BCUT2D eigenvalue weighted by Gasteiger charge is -2.08. The lowest BCUT2D eigenvalue weighted by atomic mass is 10.00. The summed E-state index contributed by atoms with van der Waals surface area (Å²) in [5, 5.41) is 0. The van der Waals surface area contributed by atoms with Crippen molar-refractivity contribution in [2.24, 2.45) is 21.5 Å². The van der Waals surface area contributed by atoms with Gasteiger partial charge in [-0.25, -0.2) is 0 Å². The first-order chi connectivity index (χ1) is 13.8. The van der Waals surface area contributed by atoms with Crippen molar-refractivity contribution in [3.8, 4) is 22.5 Å². The summed E-state index contributed by atoms with van der Waals surface area (Å²) < 4.78 is 5.79. The largest absolute Gasteiger partial charge is 0.464 e. The van der Waals surface area contributed by atoms with Gasteiger partial charge in [0.2, 0.25) is 0 Å². The highest BCUT2D eigenvalue weighted by atomic mass is 16.3. The Bertz CT molecular complexity index is 928. The zero-order chi connectivity index (χ0) is 21.0. The molecule has 0 saturated carbocycles. The molecule has 0 bridgehead atoms. The number of nitrogens with zero attached hydrogens (tertiary/aromatic N) is 2. The molecule has 2 aromatic carbocycles. The van der Waals surface area contributed by atoms with Gasteiger partial charge in [-0.1, -0.05) is 48.5 Å². The molecule has 0 amide bonds. The fourth-order valence-electron chi connectivity index (χ4n) is 3.08. The van der Waals surface area contributed by atoms with Gasteiger partial charge in [0.25, 0.3) is 0 Å². The molecular formula is C24H28N4O. The predicted molar refractivity (Wildman–Crippen MR) is 121 cm³/mol. The van der Waals surface area contributed by atoms with Crippen LogP contribution in [0.2, 0.25) is 0 Å². The SMILES string of the molecule is CC(C)N=C(N)c1ccc(-c2ccoc2-c2ccc(C(N)=NC(C)C)cc2)cc1.